The van der Waals surface area contributed by atoms with Crippen LogP contribution in [-0.2, 0) is 0 Å². The Labute approximate surface area is 138 Å². The quantitative estimate of drug-likeness (QED) is 0.431. The van der Waals surface area contributed by atoms with Gasteiger partial charge >= 0.3 is 0 Å². The van der Waals surface area contributed by atoms with Crippen molar-refractivity contribution in [1.29, 1.82) is 0 Å². The van der Waals surface area contributed by atoms with Gasteiger partial charge in [-0.25, -0.2) is 0 Å². The lowest BCUT2D eigenvalue weighted by molar-refractivity contribution is 0.737. The van der Waals surface area contributed by atoms with E-state index in [0.29, 0.717) is 0 Å². The fourth-order valence-electron chi connectivity index (χ4n) is 1.68. The molecule has 0 aromatic heterocycles. The van der Waals surface area contributed by atoms with Gasteiger partial charge in [-0.05, 0) is 38.0 Å². The number of allylic oxidation sites excluding steroid dienone is 4. The lowest BCUT2D eigenvalue weighted by atomic mass is 9.98. The van der Waals surface area contributed by atoms with Crippen LogP contribution in [0.4, 0.5) is 0 Å². The van der Waals surface area contributed by atoms with Crippen LogP contribution < -0.4 is 0 Å². The Morgan fingerprint density at radius 3 is 1.24 bits per heavy atom. The van der Waals surface area contributed by atoms with Gasteiger partial charge in [-0.3, -0.25) is 0 Å². The third-order valence-electron chi connectivity index (χ3n) is 2.55. The zero-order valence-corrected chi connectivity index (χ0v) is 17.3. The summed E-state index contributed by atoms with van der Waals surface area (Å²) in [5.74, 6) is 0.833. The molecule has 0 rings (SSSR count). The molecule has 0 aliphatic rings. The minimum absolute atomic E-state index is 0.833. The molecule has 0 nitrogen and oxygen atoms in total. The summed E-state index contributed by atoms with van der Waals surface area (Å²) in [4.78, 5) is 0. The summed E-state index contributed by atoms with van der Waals surface area (Å²) in [6, 6.07) is 0. The molecule has 0 unspecified atom stereocenters. The second-order valence-electron chi connectivity index (χ2n) is 5.08. The van der Waals surface area contributed by atoms with Gasteiger partial charge in [-0.15, -0.1) is 0 Å². The Hall–Kier alpha value is -0.520. The van der Waals surface area contributed by atoms with Crippen molar-refractivity contribution in [3.05, 3.63) is 23.3 Å². The first-order chi connectivity index (χ1) is 10.0. The summed E-state index contributed by atoms with van der Waals surface area (Å²) in [7, 11) is 0. The molecule has 0 N–H and O–H groups in total. The lowest BCUT2D eigenvalue weighted by Gasteiger charge is -2.08. The van der Waals surface area contributed by atoms with E-state index in [1.54, 1.807) is 11.1 Å². The van der Waals surface area contributed by atoms with Gasteiger partial charge in [-0.2, -0.15) is 0 Å². The largest absolute Gasteiger partial charge is 0.0885 e. The monoisotopic (exact) mass is 298 g/mol. The molecule has 0 heteroatoms. The van der Waals surface area contributed by atoms with Gasteiger partial charge < -0.3 is 0 Å². The van der Waals surface area contributed by atoms with Crippen molar-refractivity contribution in [1.82, 2.24) is 0 Å². The van der Waals surface area contributed by atoms with Crippen molar-refractivity contribution in [3.8, 4) is 0 Å². The molecule has 0 atom stereocenters. The van der Waals surface area contributed by atoms with Gasteiger partial charge in [0.1, 0.15) is 0 Å². The smallest absolute Gasteiger partial charge is 0.0136 e. The van der Waals surface area contributed by atoms with Gasteiger partial charge in [0, 0.05) is 0 Å². The predicted molar refractivity (Wildman–Crippen MR) is 105 cm³/mol. The average molecular weight is 299 g/mol. The van der Waals surface area contributed by atoms with Gasteiger partial charge in [0.2, 0.25) is 0 Å². The van der Waals surface area contributed by atoms with Crippen LogP contribution in [0.1, 0.15) is 108 Å². The Bertz CT molecular complexity index is 197. The van der Waals surface area contributed by atoms with E-state index in [1.807, 2.05) is 27.7 Å². The summed E-state index contributed by atoms with van der Waals surface area (Å²) in [5.41, 5.74) is 3.30. The minimum Gasteiger partial charge on any atom is -0.0885 e. The first-order valence-corrected chi connectivity index (χ1v) is 9.37. The van der Waals surface area contributed by atoms with Gasteiger partial charge in [0.05, 0.1) is 0 Å². The Balaban J connectivity index is -0.000000151. The standard InChI is InChI=1S/C13H24.C4H10.2C2H6/c1-5-9-10-11-13(8-4)12(6-2)7-3;1-4(2)3;2*1-2/h9-10H,5-8,11H2,1-4H3;4H,1-3H3;2*1-2H3/b10-9-;;;. The van der Waals surface area contributed by atoms with Crippen LogP contribution in [0.25, 0.3) is 0 Å². The van der Waals surface area contributed by atoms with Crippen LogP contribution in [0.2, 0.25) is 0 Å². The second-order valence-corrected chi connectivity index (χ2v) is 5.08. The molecule has 0 aromatic rings. The van der Waals surface area contributed by atoms with E-state index in [-0.39, 0.29) is 0 Å². The fraction of sp³-hybridized carbons (Fsp3) is 0.810. The maximum Gasteiger partial charge on any atom is -0.0136 e. The highest BCUT2D eigenvalue weighted by atomic mass is 14.0. The molecule has 0 bridgehead atoms. The highest BCUT2D eigenvalue weighted by Crippen LogP contribution is 2.19. The molecule has 130 valence electrons. The summed E-state index contributed by atoms with van der Waals surface area (Å²) in [6.45, 7) is 23.5. The molecular weight excluding hydrogens is 252 g/mol. The second kappa shape index (κ2) is 27.8. The number of hydrogen-bond acceptors (Lipinski definition) is 0. The molecule has 0 heterocycles. The molecule has 0 fully saturated rings. The van der Waals surface area contributed by atoms with Crippen molar-refractivity contribution in [2.45, 2.75) is 108 Å². The molecule has 0 spiro atoms. The van der Waals surface area contributed by atoms with Crippen LogP contribution in [0.15, 0.2) is 23.3 Å². The van der Waals surface area contributed by atoms with E-state index in [4.69, 9.17) is 0 Å². The van der Waals surface area contributed by atoms with Gasteiger partial charge in [0.25, 0.3) is 0 Å². The van der Waals surface area contributed by atoms with Crippen LogP contribution in [-0.4, -0.2) is 0 Å². The van der Waals surface area contributed by atoms with E-state index in [2.05, 4.69) is 60.6 Å². The number of rotatable bonds is 6. The molecule has 0 amide bonds. The van der Waals surface area contributed by atoms with Crippen LogP contribution >= 0.6 is 0 Å². The van der Waals surface area contributed by atoms with E-state index >= 15 is 0 Å². The van der Waals surface area contributed by atoms with Crippen molar-refractivity contribution in [2.75, 3.05) is 0 Å². The molecule has 0 aromatic carbocycles. The Morgan fingerprint density at radius 2 is 1.00 bits per heavy atom. The fourth-order valence-corrected chi connectivity index (χ4v) is 1.68. The minimum atomic E-state index is 0.833. The average Bonchev–Trinajstić information content (AvgIpc) is 2.50. The van der Waals surface area contributed by atoms with Crippen molar-refractivity contribution >= 4 is 0 Å². The van der Waals surface area contributed by atoms with Crippen molar-refractivity contribution < 1.29 is 0 Å². The summed E-state index contributed by atoms with van der Waals surface area (Å²) in [6.07, 6.45) is 10.6. The maximum absolute atomic E-state index is 2.31. The molecular formula is C21H46. The molecule has 0 radical (unpaired) electrons. The molecule has 21 heavy (non-hydrogen) atoms. The van der Waals surface area contributed by atoms with E-state index < -0.39 is 0 Å². The third-order valence-corrected chi connectivity index (χ3v) is 2.55. The number of hydrogen-bond donors (Lipinski definition) is 0. The summed E-state index contributed by atoms with van der Waals surface area (Å²) < 4.78 is 0. The van der Waals surface area contributed by atoms with E-state index in [0.717, 1.165) is 12.3 Å². The van der Waals surface area contributed by atoms with E-state index in [9.17, 15) is 0 Å². The topological polar surface area (TPSA) is 0 Å². The zero-order valence-electron chi connectivity index (χ0n) is 17.3. The molecule has 0 aliphatic carbocycles. The van der Waals surface area contributed by atoms with Crippen molar-refractivity contribution in [2.24, 2.45) is 5.92 Å². The van der Waals surface area contributed by atoms with Crippen molar-refractivity contribution in [3.63, 3.8) is 0 Å². The normalized spacial score (nSPS) is 8.95. The van der Waals surface area contributed by atoms with Crippen LogP contribution in [0.3, 0.4) is 0 Å². The Kier molecular flexibility index (Phi) is 37.8. The zero-order chi connectivity index (χ0) is 17.7. The summed E-state index contributed by atoms with van der Waals surface area (Å²) in [5, 5.41) is 0. The highest BCUT2D eigenvalue weighted by Gasteiger charge is 1.99. The SMILES string of the molecule is CC.CC.CC(C)C.CC/C=C\CC(CC)=C(CC)CC. The summed E-state index contributed by atoms with van der Waals surface area (Å²) >= 11 is 0. The lowest BCUT2D eigenvalue weighted by Crippen LogP contribution is -1.88. The molecule has 0 aliphatic heterocycles. The Morgan fingerprint density at radius 1 is 0.667 bits per heavy atom. The highest BCUT2D eigenvalue weighted by molar-refractivity contribution is 5.16. The van der Waals surface area contributed by atoms with Crippen LogP contribution in [0.5, 0.6) is 0 Å². The predicted octanol–water partition coefficient (Wildman–Crippen LogP) is 8.58. The van der Waals surface area contributed by atoms with Crippen LogP contribution in [0, 0.1) is 5.92 Å². The molecule has 0 saturated heterocycles. The maximum atomic E-state index is 2.31. The molecule has 0 saturated carbocycles. The first kappa shape index (κ1) is 28.6. The third kappa shape index (κ3) is 28.4. The first-order valence-electron chi connectivity index (χ1n) is 9.37. The van der Waals surface area contributed by atoms with E-state index in [1.165, 1.54) is 25.7 Å². The van der Waals surface area contributed by atoms with Gasteiger partial charge in [0.15, 0.2) is 0 Å². The van der Waals surface area contributed by atoms with Gasteiger partial charge in [-0.1, -0.05) is 99.5 Å².